The molecule has 0 spiro atoms. The van der Waals surface area contributed by atoms with E-state index in [1.807, 2.05) is 38.2 Å². The topological polar surface area (TPSA) is 52.7 Å². The minimum atomic E-state index is -0.424. The van der Waals surface area contributed by atoms with Crippen molar-refractivity contribution in [3.8, 4) is 0 Å². The number of amides is 2. The van der Waals surface area contributed by atoms with Crippen molar-refractivity contribution < 1.29 is 9.59 Å². The van der Waals surface area contributed by atoms with Gasteiger partial charge in [-0.25, -0.2) is 0 Å². The monoisotopic (exact) mass is 275 g/mol. The first kappa shape index (κ1) is 14.5. The molecule has 1 aliphatic heterocycles. The van der Waals surface area contributed by atoms with Crippen LogP contribution in [0.25, 0.3) is 0 Å². The maximum absolute atomic E-state index is 12.6. The Bertz CT molecular complexity index is 498. The number of nitrogens with zero attached hydrogens (tertiary/aromatic N) is 2. The summed E-state index contributed by atoms with van der Waals surface area (Å²) in [5, 5.41) is 2.64. The molecule has 20 heavy (non-hydrogen) atoms. The molecule has 0 bridgehead atoms. The van der Waals surface area contributed by atoms with Crippen LogP contribution in [-0.2, 0) is 4.79 Å². The zero-order valence-corrected chi connectivity index (χ0v) is 12.2. The quantitative estimate of drug-likeness (QED) is 0.855. The first-order valence-corrected chi connectivity index (χ1v) is 6.80. The van der Waals surface area contributed by atoms with Gasteiger partial charge in [-0.1, -0.05) is 17.7 Å². The average Bonchev–Trinajstić information content (AvgIpc) is 2.46. The van der Waals surface area contributed by atoms with Crippen LogP contribution in [0.5, 0.6) is 0 Å². The zero-order chi connectivity index (χ0) is 14.7. The van der Waals surface area contributed by atoms with E-state index in [0.717, 1.165) is 12.1 Å². The molecule has 0 aromatic heterocycles. The number of aryl methyl sites for hydroxylation is 1. The molecule has 0 aliphatic carbocycles. The first-order chi connectivity index (χ1) is 9.52. The largest absolute Gasteiger partial charge is 0.357 e. The molecule has 1 heterocycles. The van der Waals surface area contributed by atoms with Gasteiger partial charge < -0.3 is 15.1 Å². The molecule has 0 radical (unpaired) electrons. The van der Waals surface area contributed by atoms with Gasteiger partial charge in [-0.3, -0.25) is 9.59 Å². The highest BCUT2D eigenvalue weighted by Gasteiger charge is 2.33. The van der Waals surface area contributed by atoms with Crippen LogP contribution >= 0.6 is 0 Å². The Kier molecular flexibility index (Phi) is 4.39. The Morgan fingerprint density at radius 3 is 2.45 bits per heavy atom. The molecule has 1 aliphatic rings. The van der Waals surface area contributed by atoms with E-state index in [4.69, 9.17) is 0 Å². The molecule has 1 aromatic carbocycles. The van der Waals surface area contributed by atoms with Gasteiger partial charge >= 0.3 is 0 Å². The van der Waals surface area contributed by atoms with Crippen molar-refractivity contribution in [2.24, 2.45) is 0 Å². The number of hydrogen-bond acceptors (Lipinski definition) is 3. The van der Waals surface area contributed by atoms with Crippen molar-refractivity contribution in [1.82, 2.24) is 15.1 Å². The molecular weight excluding hydrogens is 254 g/mol. The van der Waals surface area contributed by atoms with Gasteiger partial charge in [-0.15, -0.1) is 0 Å². The van der Waals surface area contributed by atoms with Crippen LogP contribution in [0.15, 0.2) is 24.3 Å². The smallest absolute Gasteiger partial charge is 0.254 e. The zero-order valence-electron chi connectivity index (χ0n) is 12.2. The maximum atomic E-state index is 12.6. The summed E-state index contributed by atoms with van der Waals surface area (Å²) in [5.41, 5.74) is 1.75. The lowest BCUT2D eigenvalue weighted by Crippen LogP contribution is -2.59. The lowest BCUT2D eigenvalue weighted by atomic mass is 10.1. The Hall–Kier alpha value is -1.88. The Balaban J connectivity index is 2.21. The summed E-state index contributed by atoms with van der Waals surface area (Å²) in [5.74, 6) is -0.191. The van der Waals surface area contributed by atoms with Crippen LogP contribution in [0, 0.1) is 6.92 Å². The molecule has 1 atom stereocenters. The third-order valence-corrected chi connectivity index (χ3v) is 3.69. The van der Waals surface area contributed by atoms with E-state index < -0.39 is 6.04 Å². The molecule has 1 aromatic rings. The summed E-state index contributed by atoms with van der Waals surface area (Å²) in [7, 11) is 3.56. The van der Waals surface area contributed by atoms with E-state index in [1.165, 1.54) is 0 Å². The molecule has 1 saturated heterocycles. The molecule has 0 saturated carbocycles. The van der Waals surface area contributed by atoms with Gasteiger partial charge in [0.1, 0.15) is 6.04 Å². The lowest BCUT2D eigenvalue weighted by molar-refractivity contribution is -0.126. The van der Waals surface area contributed by atoms with Crippen molar-refractivity contribution >= 4 is 11.8 Å². The van der Waals surface area contributed by atoms with Gasteiger partial charge in [0.25, 0.3) is 5.91 Å². The van der Waals surface area contributed by atoms with Crippen molar-refractivity contribution in [1.29, 1.82) is 0 Å². The highest BCUT2D eigenvalue weighted by atomic mass is 16.2. The third kappa shape index (κ3) is 2.99. The summed E-state index contributed by atoms with van der Waals surface area (Å²) in [6.45, 7) is 3.90. The number of hydrogen-bond donors (Lipinski definition) is 1. The average molecular weight is 275 g/mol. The first-order valence-electron chi connectivity index (χ1n) is 6.80. The van der Waals surface area contributed by atoms with Gasteiger partial charge in [0, 0.05) is 32.2 Å². The van der Waals surface area contributed by atoms with Crippen LogP contribution in [-0.4, -0.2) is 61.4 Å². The number of carbonyl (C=O) groups excluding carboxylic acids is 2. The van der Waals surface area contributed by atoms with Gasteiger partial charge in [-0.05, 0) is 26.1 Å². The van der Waals surface area contributed by atoms with Crippen LogP contribution in [0.3, 0.4) is 0 Å². The molecule has 1 fully saturated rings. The highest BCUT2D eigenvalue weighted by molar-refractivity contribution is 5.97. The fourth-order valence-electron chi connectivity index (χ4n) is 2.42. The summed E-state index contributed by atoms with van der Waals surface area (Å²) < 4.78 is 0. The summed E-state index contributed by atoms with van der Waals surface area (Å²) in [4.78, 5) is 28.3. The van der Waals surface area contributed by atoms with Crippen LogP contribution in [0.1, 0.15) is 15.9 Å². The third-order valence-electron chi connectivity index (χ3n) is 3.69. The van der Waals surface area contributed by atoms with Crippen LogP contribution in [0.2, 0.25) is 0 Å². The minimum Gasteiger partial charge on any atom is -0.357 e. The molecule has 5 nitrogen and oxygen atoms in total. The van der Waals surface area contributed by atoms with Gasteiger partial charge in [0.15, 0.2) is 0 Å². The standard InChI is InChI=1S/C15H21N3O2/c1-11-4-6-12(7-5-11)15(20)18-9-8-17(3)10-13(18)14(19)16-2/h4-7,13H,8-10H2,1-3H3,(H,16,19). The van der Waals surface area contributed by atoms with Crippen molar-refractivity contribution in [3.63, 3.8) is 0 Å². The van der Waals surface area contributed by atoms with Crippen molar-refractivity contribution in [2.45, 2.75) is 13.0 Å². The van der Waals surface area contributed by atoms with E-state index in [-0.39, 0.29) is 11.8 Å². The molecular formula is C15H21N3O2. The fourth-order valence-corrected chi connectivity index (χ4v) is 2.42. The highest BCUT2D eigenvalue weighted by Crippen LogP contribution is 2.14. The van der Waals surface area contributed by atoms with Crippen molar-refractivity contribution in [2.75, 3.05) is 33.7 Å². The number of nitrogens with one attached hydrogen (secondary N) is 1. The minimum absolute atomic E-state index is 0.0771. The second kappa shape index (κ2) is 6.05. The number of carbonyl (C=O) groups is 2. The summed E-state index contributed by atoms with van der Waals surface area (Å²) >= 11 is 0. The van der Waals surface area contributed by atoms with Gasteiger partial charge in [-0.2, -0.15) is 0 Å². The van der Waals surface area contributed by atoms with E-state index >= 15 is 0 Å². The van der Waals surface area contributed by atoms with Crippen LogP contribution in [0.4, 0.5) is 0 Å². The van der Waals surface area contributed by atoms with E-state index in [9.17, 15) is 9.59 Å². The second-order valence-electron chi connectivity index (χ2n) is 5.26. The number of likely N-dealkylation sites (N-methyl/N-ethyl adjacent to an activating group) is 2. The van der Waals surface area contributed by atoms with E-state index in [2.05, 4.69) is 10.2 Å². The Labute approximate surface area is 119 Å². The van der Waals surface area contributed by atoms with E-state index in [0.29, 0.717) is 18.7 Å². The summed E-state index contributed by atoms with van der Waals surface area (Å²) in [6.07, 6.45) is 0. The molecule has 2 rings (SSSR count). The molecule has 108 valence electrons. The van der Waals surface area contributed by atoms with Gasteiger partial charge in [0.05, 0.1) is 0 Å². The molecule has 1 unspecified atom stereocenters. The fraction of sp³-hybridized carbons (Fsp3) is 0.467. The normalized spacial score (nSPS) is 19.8. The second-order valence-corrected chi connectivity index (χ2v) is 5.26. The predicted molar refractivity (Wildman–Crippen MR) is 77.6 cm³/mol. The number of benzene rings is 1. The number of rotatable bonds is 2. The molecule has 1 N–H and O–H groups in total. The van der Waals surface area contributed by atoms with Gasteiger partial charge in [0.2, 0.25) is 5.91 Å². The predicted octanol–water partition coefficient (Wildman–Crippen LogP) is 0.497. The summed E-state index contributed by atoms with van der Waals surface area (Å²) in [6, 6.07) is 7.04. The lowest BCUT2D eigenvalue weighted by Gasteiger charge is -2.38. The Morgan fingerprint density at radius 2 is 1.85 bits per heavy atom. The van der Waals surface area contributed by atoms with E-state index in [1.54, 1.807) is 11.9 Å². The Morgan fingerprint density at radius 1 is 1.20 bits per heavy atom. The maximum Gasteiger partial charge on any atom is 0.254 e. The number of piperazine rings is 1. The molecule has 2 amide bonds. The molecule has 5 heteroatoms. The SMILES string of the molecule is CNC(=O)C1CN(C)CCN1C(=O)c1ccc(C)cc1. The van der Waals surface area contributed by atoms with Crippen LogP contribution < -0.4 is 5.32 Å². The van der Waals surface area contributed by atoms with Crippen molar-refractivity contribution in [3.05, 3.63) is 35.4 Å².